The van der Waals surface area contributed by atoms with E-state index in [-0.39, 0.29) is 12.2 Å². The van der Waals surface area contributed by atoms with Gasteiger partial charge >= 0.3 is 12.2 Å². The predicted molar refractivity (Wildman–Crippen MR) is 98.2 cm³/mol. The number of benzene rings is 2. The fourth-order valence-electron chi connectivity index (χ4n) is 2.48. The van der Waals surface area contributed by atoms with Gasteiger partial charge in [-0.25, -0.2) is 9.59 Å². The highest BCUT2D eigenvalue weighted by Gasteiger charge is 2.31. The van der Waals surface area contributed by atoms with Crippen LogP contribution >= 0.6 is 0 Å². The van der Waals surface area contributed by atoms with Crippen molar-refractivity contribution < 1.29 is 23.8 Å². The van der Waals surface area contributed by atoms with Gasteiger partial charge in [-0.15, -0.1) is 0 Å². The highest BCUT2D eigenvalue weighted by molar-refractivity contribution is 5.72. The summed E-state index contributed by atoms with van der Waals surface area (Å²) in [5.41, 5.74) is 0. The molecule has 2 N–H and O–H groups in total. The molecule has 0 saturated heterocycles. The zero-order valence-electron chi connectivity index (χ0n) is 14.7. The van der Waals surface area contributed by atoms with E-state index in [4.69, 9.17) is 19.5 Å². The quantitative estimate of drug-likeness (QED) is 0.845. The molecule has 28 heavy (non-hydrogen) atoms. The van der Waals surface area contributed by atoms with E-state index in [1.807, 2.05) is 6.07 Å². The van der Waals surface area contributed by atoms with Crippen LogP contribution in [0.3, 0.4) is 0 Å². The molecule has 0 spiro atoms. The summed E-state index contributed by atoms with van der Waals surface area (Å²) in [5.74, 6) is 0.761. The molecule has 0 aromatic heterocycles. The molecule has 0 fully saturated rings. The largest absolute Gasteiger partial charge is 0.458 e. The molecule has 0 saturated carbocycles. The summed E-state index contributed by atoms with van der Waals surface area (Å²) in [6.07, 6.45) is -0.702. The third-order valence-corrected chi connectivity index (χ3v) is 3.76. The van der Waals surface area contributed by atoms with Crippen LogP contribution in [-0.4, -0.2) is 24.5 Å². The van der Waals surface area contributed by atoms with E-state index in [0.29, 0.717) is 11.5 Å². The summed E-state index contributed by atoms with van der Waals surface area (Å²) in [6, 6.07) is 18.2. The first-order valence-electron chi connectivity index (χ1n) is 8.48. The normalized spacial score (nSPS) is 17.9. The Morgan fingerprint density at radius 2 is 1.46 bits per heavy atom. The molecule has 2 amide bonds. The zero-order valence-corrected chi connectivity index (χ0v) is 14.7. The minimum absolute atomic E-state index is 0.0412. The van der Waals surface area contributed by atoms with Crippen molar-refractivity contribution >= 4 is 12.2 Å². The fraction of sp³-hybridized carbons (Fsp3) is 0.150. The van der Waals surface area contributed by atoms with Crippen LogP contribution in [0.2, 0.25) is 0 Å². The number of ether oxygens (including phenoxy) is 3. The van der Waals surface area contributed by atoms with Crippen LogP contribution in [0, 0.1) is 11.3 Å². The molecule has 2 unspecified atom stereocenters. The number of hydrogen-bond acceptors (Lipinski definition) is 6. The van der Waals surface area contributed by atoms with Gasteiger partial charge in [0.15, 0.2) is 12.0 Å². The highest BCUT2D eigenvalue weighted by Crippen LogP contribution is 2.17. The number of nitriles is 1. The smallest absolute Gasteiger partial charge is 0.415 e. The van der Waals surface area contributed by atoms with Gasteiger partial charge in [0.25, 0.3) is 0 Å². The summed E-state index contributed by atoms with van der Waals surface area (Å²) in [7, 11) is 0. The van der Waals surface area contributed by atoms with Crippen molar-refractivity contribution in [1.82, 2.24) is 10.6 Å². The number of carbonyl (C=O) groups excluding carboxylic acids is 2. The lowest BCUT2D eigenvalue weighted by atomic mass is 10.1. The molecular formula is C20H17N3O5. The van der Waals surface area contributed by atoms with Crippen molar-refractivity contribution in [2.45, 2.75) is 18.7 Å². The van der Waals surface area contributed by atoms with E-state index in [1.54, 1.807) is 60.7 Å². The number of hydrogen-bond donors (Lipinski definition) is 2. The maximum Gasteiger partial charge on any atom is 0.415 e. The van der Waals surface area contributed by atoms with Crippen LogP contribution < -0.4 is 20.1 Å². The molecule has 1 heterocycles. The molecule has 0 bridgehead atoms. The lowest BCUT2D eigenvalue weighted by Gasteiger charge is -2.30. The molecule has 1 aliphatic heterocycles. The molecule has 142 valence electrons. The van der Waals surface area contributed by atoms with Crippen molar-refractivity contribution in [1.29, 1.82) is 5.26 Å². The van der Waals surface area contributed by atoms with Gasteiger partial charge in [0, 0.05) is 0 Å². The van der Waals surface area contributed by atoms with Gasteiger partial charge in [-0.05, 0) is 36.8 Å². The van der Waals surface area contributed by atoms with Gasteiger partial charge in [-0.1, -0.05) is 36.4 Å². The molecule has 3 rings (SSSR count). The van der Waals surface area contributed by atoms with Crippen molar-refractivity contribution in [2.75, 3.05) is 0 Å². The Morgan fingerprint density at radius 3 is 2.00 bits per heavy atom. The first-order valence-corrected chi connectivity index (χ1v) is 8.48. The van der Waals surface area contributed by atoms with Gasteiger partial charge in [0.1, 0.15) is 17.6 Å². The Morgan fingerprint density at radius 1 is 0.929 bits per heavy atom. The topological polar surface area (TPSA) is 110 Å². The van der Waals surface area contributed by atoms with Gasteiger partial charge in [0.05, 0.1) is 6.04 Å². The molecule has 0 radical (unpaired) electrons. The summed E-state index contributed by atoms with van der Waals surface area (Å²) in [5, 5.41) is 14.2. The van der Waals surface area contributed by atoms with Gasteiger partial charge in [-0.2, -0.15) is 5.26 Å². The SMILES string of the molecule is N#CC1=CCC(NC(=O)Oc2ccccc2)C(NC(=O)Oc2ccccc2)O1. The molecule has 2 atom stereocenters. The first-order chi connectivity index (χ1) is 13.6. The molecule has 2 aromatic rings. The van der Waals surface area contributed by atoms with Crippen molar-refractivity contribution in [3.63, 3.8) is 0 Å². The second kappa shape index (κ2) is 9.09. The summed E-state index contributed by atoms with van der Waals surface area (Å²) in [4.78, 5) is 24.3. The second-order valence-corrected chi connectivity index (χ2v) is 5.75. The molecule has 1 aliphatic rings. The Balaban J connectivity index is 1.62. The average Bonchev–Trinajstić information content (AvgIpc) is 2.70. The van der Waals surface area contributed by atoms with E-state index in [2.05, 4.69) is 10.6 Å². The van der Waals surface area contributed by atoms with E-state index >= 15 is 0 Å². The first kappa shape index (κ1) is 18.8. The third-order valence-electron chi connectivity index (χ3n) is 3.76. The Labute approximate surface area is 161 Å². The monoisotopic (exact) mass is 379 g/mol. The third kappa shape index (κ3) is 5.25. The van der Waals surface area contributed by atoms with Gasteiger partial charge < -0.3 is 19.5 Å². The highest BCUT2D eigenvalue weighted by atomic mass is 16.6. The predicted octanol–water partition coefficient (Wildman–Crippen LogP) is 3.09. The summed E-state index contributed by atoms with van der Waals surface area (Å²) < 4.78 is 15.8. The van der Waals surface area contributed by atoms with E-state index in [9.17, 15) is 9.59 Å². The van der Waals surface area contributed by atoms with Crippen molar-refractivity contribution in [3.05, 3.63) is 72.5 Å². The number of nitrogens with one attached hydrogen (secondary N) is 2. The Bertz CT molecular complexity index is 893. The summed E-state index contributed by atoms with van der Waals surface area (Å²) in [6.45, 7) is 0. The number of rotatable bonds is 4. The molecule has 8 heteroatoms. The molecule has 8 nitrogen and oxygen atoms in total. The zero-order chi connectivity index (χ0) is 19.8. The van der Waals surface area contributed by atoms with E-state index < -0.39 is 24.5 Å². The Hall–Kier alpha value is -3.99. The lowest BCUT2D eigenvalue weighted by molar-refractivity contribution is 0.0501. The van der Waals surface area contributed by atoms with Crippen LogP contribution in [0.15, 0.2) is 72.5 Å². The maximum absolute atomic E-state index is 12.1. The van der Waals surface area contributed by atoms with Crippen LogP contribution in [0.4, 0.5) is 9.59 Å². The number of nitrogens with zero attached hydrogens (tertiary/aromatic N) is 1. The fourth-order valence-corrected chi connectivity index (χ4v) is 2.48. The minimum atomic E-state index is -1.00. The second-order valence-electron chi connectivity index (χ2n) is 5.75. The van der Waals surface area contributed by atoms with Crippen LogP contribution in [0.1, 0.15) is 6.42 Å². The van der Waals surface area contributed by atoms with Crippen molar-refractivity contribution in [3.8, 4) is 17.6 Å². The molecule has 2 aromatic carbocycles. The van der Waals surface area contributed by atoms with Crippen LogP contribution in [-0.2, 0) is 4.74 Å². The standard InChI is InChI=1S/C20H17N3O5/c21-13-16-11-12-17(22-19(24)27-14-7-3-1-4-8-14)18(26-16)23-20(25)28-15-9-5-2-6-10-15/h1-11,17-18H,12H2,(H,22,24)(H,23,25). The maximum atomic E-state index is 12.1. The number of carbonyl (C=O) groups is 2. The Kier molecular flexibility index (Phi) is 6.10. The number of para-hydroxylation sites is 2. The summed E-state index contributed by atoms with van der Waals surface area (Å²) >= 11 is 0. The number of allylic oxidation sites excluding steroid dienone is 1. The van der Waals surface area contributed by atoms with E-state index in [1.165, 1.54) is 6.08 Å². The van der Waals surface area contributed by atoms with Crippen LogP contribution in [0.25, 0.3) is 0 Å². The van der Waals surface area contributed by atoms with Crippen LogP contribution in [0.5, 0.6) is 11.5 Å². The molecular weight excluding hydrogens is 362 g/mol. The van der Waals surface area contributed by atoms with Gasteiger partial charge in [0.2, 0.25) is 0 Å². The van der Waals surface area contributed by atoms with Crippen molar-refractivity contribution in [2.24, 2.45) is 0 Å². The number of amides is 2. The average molecular weight is 379 g/mol. The minimum Gasteiger partial charge on any atom is -0.458 e. The van der Waals surface area contributed by atoms with E-state index in [0.717, 1.165) is 0 Å². The molecule has 0 aliphatic carbocycles. The lowest BCUT2D eigenvalue weighted by Crippen LogP contribution is -2.55. The van der Waals surface area contributed by atoms with Gasteiger partial charge in [-0.3, -0.25) is 5.32 Å².